The number of hydrogen-bond acceptors (Lipinski definition) is 1. The molecule has 2 atom stereocenters. The highest BCUT2D eigenvalue weighted by atomic mass is 16.5. The molecular formula is C15H16O. The van der Waals surface area contributed by atoms with Crippen molar-refractivity contribution in [2.75, 3.05) is 6.61 Å². The predicted molar refractivity (Wildman–Crippen MR) is 66.7 cm³/mol. The van der Waals surface area contributed by atoms with Gasteiger partial charge in [0.05, 0.1) is 12.7 Å². The van der Waals surface area contributed by atoms with Gasteiger partial charge in [0.1, 0.15) is 0 Å². The van der Waals surface area contributed by atoms with E-state index in [1.807, 2.05) is 0 Å². The van der Waals surface area contributed by atoms with Gasteiger partial charge in [0, 0.05) is 5.92 Å². The second-order valence-corrected chi connectivity index (χ2v) is 4.68. The van der Waals surface area contributed by atoms with Crippen LogP contribution in [0.2, 0.25) is 0 Å². The lowest BCUT2D eigenvalue weighted by Gasteiger charge is -2.09. The van der Waals surface area contributed by atoms with Crippen LogP contribution in [-0.4, -0.2) is 12.7 Å². The van der Waals surface area contributed by atoms with E-state index in [2.05, 4.69) is 49.4 Å². The van der Waals surface area contributed by atoms with E-state index in [4.69, 9.17) is 4.74 Å². The van der Waals surface area contributed by atoms with Gasteiger partial charge < -0.3 is 4.74 Å². The van der Waals surface area contributed by atoms with Gasteiger partial charge in [-0.2, -0.15) is 0 Å². The summed E-state index contributed by atoms with van der Waals surface area (Å²) >= 11 is 0. The number of benzene rings is 2. The van der Waals surface area contributed by atoms with E-state index < -0.39 is 0 Å². The molecule has 0 amide bonds. The van der Waals surface area contributed by atoms with E-state index in [9.17, 15) is 0 Å². The summed E-state index contributed by atoms with van der Waals surface area (Å²) in [5, 5.41) is 2.65. The largest absolute Gasteiger partial charge is 0.378 e. The topological polar surface area (TPSA) is 9.23 Å². The molecule has 0 radical (unpaired) electrons. The Hall–Kier alpha value is -1.34. The molecule has 1 aliphatic rings. The first-order valence-electron chi connectivity index (χ1n) is 5.93. The molecule has 1 aliphatic heterocycles. The molecule has 3 rings (SSSR count). The van der Waals surface area contributed by atoms with Gasteiger partial charge in [0.15, 0.2) is 0 Å². The van der Waals surface area contributed by atoms with Crippen molar-refractivity contribution in [1.82, 2.24) is 0 Å². The predicted octanol–water partition coefficient (Wildman–Crippen LogP) is 3.73. The highest BCUT2D eigenvalue weighted by molar-refractivity contribution is 5.83. The van der Waals surface area contributed by atoms with Crippen LogP contribution in [0.4, 0.5) is 0 Å². The Morgan fingerprint density at radius 1 is 1.06 bits per heavy atom. The second kappa shape index (κ2) is 3.91. The Kier molecular flexibility index (Phi) is 2.41. The van der Waals surface area contributed by atoms with Crippen molar-refractivity contribution >= 4 is 10.8 Å². The maximum atomic E-state index is 5.63. The standard InChI is InChI=1S/C15H16O/c1-11-8-15(10-16-11)14-7-6-12-4-2-3-5-13(12)9-14/h2-7,9,11,15H,8,10H2,1H3/t11-,15-/m0/s1. The van der Waals surface area contributed by atoms with Gasteiger partial charge in [-0.05, 0) is 29.7 Å². The smallest absolute Gasteiger partial charge is 0.0554 e. The summed E-state index contributed by atoms with van der Waals surface area (Å²) in [7, 11) is 0. The Balaban J connectivity index is 1.99. The monoisotopic (exact) mass is 212 g/mol. The number of rotatable bonds is 1. The molecule has 0 bridgehead atoms. The van der Waals surface area contributed by atoms with Crippen molar-refractivity contribution in [2.45, 2.75) is 25.4 Å². The first-order chi connectivity index (χ1) is 7.83. The normalized spacial score (nSPS) is 25.1. The van der Waals surface area contributed by atoms with Crippen LogP contribution in [0.25, 0.3) is 10.8 Å². The average Bonchev–Trinajstić information content (AvgIpc) is 2.75. The maximum Gasteiger partial charge on any atom is 0.0554 e. The van der Waals surface area contributed by atoms with E-state index in [1.54, 1.807) is 0 Å². The van der Waals surface area contributed by atoms with Gasteiger partial charge in [-0.3, -0.25) is 0 Å². The average molecular weight is 212 g/mol. The zero-order chi connectivity index (χ0) is 11.0. The molecule has 1 fully saturated rings. The molecule has 0 unspecified atom stereocenters. The minimum absolute atomic E-state index is 0.413. The summed E-state index contributed by atoms with van der Waals surface area (Å²) in [5.41, 5.74) is 1.42. The van der Waals surface area contributed by atoms with Crippen LogP contribution in [0.15, 0.2) is 42.5 Å². The van der Waals surface area contributed by atoms with E-state index in [1.165, 1.54) is 16.3 Å². The molecule has 0 aromatic heterocycles. The molecule has 0 spiro atoms. The van der Waals surface area contributed by atoms with Crippen LogP contribution in [0, 0.1) is 0 Å². The van der Waals surface area contributed by atoms with Crippen molar-refractivity contribution < 1.29 is 4.74 Å². The maximum absolute atomic E-state index is 5.63. The fourth-order valence-electron chi connectivity index (χ4n) is 2.51. The molecule has 1 heteroatoms. The number of hydrogen-bond donors (Lipinski definition) is 0. The summed E-state index contributed by atoms with van der Waals surface area (Å²) in [6.45, 7) is 3.03. The summed E-state index contributed by atoms with van der Waals surface area (Å²) < 4.78 is 5.63. The van der Waals surface area contributed by atoms with Crippen LogP contribution in [0.1, 0.15) is 24.8 Å². The van der Waals surface area contributed by atoms with Crippen molar-refractivity contribution in [2.24, 2.45) is 0 Å². The van der Waals surface area contributed by atoms with E-state index in [0.717, 1.165) is 13.0 Å². The molecular weight excluding hydrogens is 196 g/mol. The third-order valence-corrected chi connectivity index (χ3v) is 3.44. The van der Waals surface area contributed by atoms with Gasteiger partial charge >= 0.3 is 0 Å². The minimum atomic E-state index is 0.413. The van der Waals surface area contributed by atoms with Crippen LogP contribution in [0.3, 0.4) is 0 Å². The SMILES string of the molecule is C[C@H]1C[C@H](c2ccc3ccccc3c2)CO1. The second-order valence-electron chi connectivity index (χ2n) is 4.68. The van der Waals surface area contributed by atoms with Crippen LogP contribution in [-0.2, 0) is 4.74 Å². The summed E-state index contributed by atoms with van der Waals surface area (Å²) in [5.74, 6) is 0.583. The molecule has 16 heavy (non-hydrogen) atoms. The molecule has 0 aliphatic carbocycles. The van der Waals surface area contributed by atoms with Gasteiger partial charge in [0.2, 0.25) is 0 Å². The molecule has 2 aromatic rings. The van der Waals surface area contributed by atoms with Gasteiger partial charge in [-0.25, -0.2) is 0 Å². The Morgan fingerprint density at radius 2 is 1.88 bits per heavy atom. The summed E-state index contributed by atoms with van der Waals surface area (Å²) in [6.07, 6.45) is 1.56. The van der Waals surface area contributed by atoms with Crippen molar-refractivity contribution in [3.05, 3.63) is 48.0 Å². The fourth-order valence-corrected chi connectivity index (χ4v) is 2.51. The van der Waals surface area contributed by atoms with Crippen molar-refractivity contribution in [3.8, 4) is 0 Å². The molecule has 1 saturated heterocycles. The minimum Gasteiger partial charge on any atom is -0.378 e. The molecule has 0 saturated carbocycles. The molecule has 2 aromatic carbocycles. The van der Waals surface area contributed by atoms with Crippen molar-refractivity contribution in [3.63, 3.8) is 0 Å². The first kappa shape index (κ1) is 9.86. The van der Waals surface area contributed by atoms with Gasteiger partial charge in [0.25, 0.3) is 0 Å². The molecule has 82 valence electrons. The van der Waals surface area contributed by atoms with E-state index >= 15 is 0 Å². The van der Waals surface area contributed by atoms with Crippen LogP contribution in [0.5, 0.6) is 0 Å². The first-order valence-corrected chi connectivity index (χ1v) is 5.93. The number of ether oxygens (including phenoxy) is 1. The van der Waals surface area contributed by atoms with E-state index in [0.29, 0.717) is 12.0 Å². The molecule has 0 N–H and O–H groups in total. The summed E-state index contributed by atoms with van der Waals surface area (Å²) in [4.78, 5) is 0. The Morgan fingerprint density at radius 3 is 2.62 bits per heavy atom. The lowest BCUT2D eigenvalue weighted by Crippen LogP contribution is -1.97. The fraction of sp³-hybridized carbons (Fsp3) is 0.333. The van der Waals surface area contributed by atoms with Crippen molar-refractivity contribution in [1.29, 1.82) is 0 Å². The lowest BCUT2D eigenvalue weighted by atomic mass is 9.94. The van der Waals surface area contributed by atoms with E-state index in [-0.39, 0.29) is 0 Å². The lowest BCUT2D eigenvalue weighted by molar-refractivity contribution is 0.123. The Labute approximate surface area is 96.0 Å². The quantitative estimate of drug-likeness (QED) is 0.699. The zero-order valence-corrected chi connectivity index (χ0v) is 9.52. The third-order valence-electron chi connectivity index (χ3n) is 3.44. The van der Waals surface area contributed by atoms with Crippen LogP contribution >= 0.6 is 0 Å². The van der Waals surface area contributed by atoms with Gasteiger partial charge in [-0.1, -0.05) is 42.5 Å². The number of fused-ring (bicyclic) bond motifs is 1. The highest BCUT2D eigenvalue weighted by Crippen LogP contribution is 2.30. The highest BCUT2D eigenvalue weighted by Gasteiger charge is 2.23. The Bertz CT molecular complexity index is 504. The molecule has 1 nitrogen and oxygen atoms in total. The van der Waals surface area contributed by atoms with Gasteiger partial charge in [-0.15, -0.1) is 0 Å². The molecule has 1 heterocycles. The zero-order valence-electron chi connectivity index (χ0n) is 9.52. The van der Waals surface area contributed by atoms with Crippen LogP contribution < -0.4 is 0 Å². The third kappa shape index (κ3) is 1.72. The summed E-state index contributed by atoms with van der Waals surface area (Å²) in [6, 6.07) is 15.3.